The summed E-state index contributed by atoms with van der Waals surface area (Å²) < 4.78 is 21.3. The van der Waals surface area contributed by atoms with E-state index >= 15 is 0 Å². The van der Waals surface area contributed by atoms with E-state index in [1.165, 1.54) is 11.0 Å². The largest absolute Gasteiger partial charge is 0.463 e. The fourth-order valence-electron chi connectivity index (χ4n) is 3.28. The predicted octanol–water partition coefficient (Wildman–Crippen LogP) is 4.68. The molecular weight excluding hydrogens is 371 g/mol. The number of amides is 1. The van der Waals surface area contributed by atoms with Crippen molar-refractivity contribution in [2.24, 2.45) is 0 Å². The molecule has 0 unspecified atom stereocenters. The van der Waals surface area contributed by atoms with Gasteiger partial charge in [0.15, 0.2) is 11.4 Å². The fraction of sp³-hybridized carbons (Fsp3) is 0.227. The lowest BCUT2D eigenvalue weighted by Gasteiger charge is -2.18. The Morgan fingerprint density at radius 2 is 2.03 bits per heavy atom. The van der Waals surface area contributed by atoms with Crippen LogP contribution in [0.3, 0.4) is 0 Å². The summed E-state index contributed by atoms with van der Waals surface area (Å²) in [4.78, 5) is 19.5. The number of halogens is 1. The third kappa shape index (κ3) is 3.51. The molecule has 1 aromatic carbocycles. The molecule has 6 nitrogen and oxygen atoms in total. The van der Waals surface area contributed by atoms with Crippen molar-refractivity contribution in [2.45, 2.75) is 26.4 Å². The van der Waals surface area contributed by atoms with Crippen LogP contribution in [0.15, 0.2) is 59.3 Å². The minimum atomic E-state index is -0.337. The molecule has 3 aromatic heterocycles. The highest BCUT2D eigenvalue weighted by atomic mass is 19.1. The zero-order chi connectivity index (χ0) is 20.5. The maximum absolute atomic E-state index is 14.0. The van der Waals surface area contributed by atoms with Crippen LogP contribution < -0.4 is 0 Å². The average Bonchev–Trinajstić information content (AvgIpc) is 3.38. The first-order valence-corrected chi connectivity index (χ1v) is 9.36. The first-order chi connectivity index (χ1) is 14.0. The van der Waals surface area contributed by atoms with Crippen molar-refractivity contribution in [1.29, 1.82) is 0 Å². The van der Waals surface area contributed by atoms with Crippen LogP contribution in [-0.2, 0) is 6.54 Å². The van der Waals surface area contributed by atoms with Crippen molar-refractivity contribution >= 4 is 16.9 Å². The molecule has 4 aromatic rings. The highest BCUT2D eigenvalue weighted by Gasteiger charge is 2.22. The summed E-state index contributed by atoms with van der Waals surface area (Å²) in [5.41, 5.74) is 2.06. The number of fused-ring (bicyclic) bond motifs is 1. The molecule has 0 aliphatic rings. The van der Waals surface area contributed by atoms with Crippen molar-refractivity contribution in [2.75, 3.05) is 7.05 Å². The third-order valence-corrected chi connectivity index (χ3v) is 4.77. The Morgan fingerprint density at radius 3 is 2.72 bits per heavy atom. The van der Waals surface area contributed by atoms with Gasteiger partial charge in [0, 0.05) is 25.2 Å². The second-order valence-electron chi connectivity index (χ2n) is 7.21. The molecule has 3 heterocycles. The van der Waals surface area contributed by atoms with Gasteiger partial charge in [0.05, 0.1) is 23.4 Å². The predicted molar refractivity (Wildman–Crippen MR) is 108 cm³/mol. The molecule has 0 fully saturated rings. The number of furan rings is 1. The molecule has 0 bridgehead atoms. The Bertz CT molecular complexity index is 1170. The van der Waals surface area contributed by atoms with Gasteiger partial charge < -0.3 is 9.32 Å². The van der Waals surface area contributed by atoms with E-state index in [-0.39, 0.29) is 24.3 Å². The van der Waals surface area contributed by atoms with Gasteiger partial charge in [-0.2, -0.15) is 5.10 Å². The highest BCUT2D eigenvalue weighted by molar-refractivity contribution is 6.06. The van der Waals surface area contributed by atoms with Crippen LogP contribution in [0.1, 0.15) is 35.8 Å². The summed E-state index contributed by atoms with van der Waals surface area (Å²) in [7, 11) is 1.65. The zero-order valence-corrected chi connectivity index (χ0v) is 16.5. The van der Waals surface area contributed by atoms with Gasteiger partial charge >= 0.3 is 0 Å². The summed E-state index contributed by atoms with van der Waals surface area (Å²) in [6, 6.07) is 11.8. The molecular formula is C22H21FN4O2. The van der Waals surface area contributed by atoms with Gasteiger partial charge in [0.1, 0.15) is 11.5 Å². The van der Waals surface area contributed by atoms with Crippen LogP contribution in [-0.4, -0.2) is 32.6 Å². The number of rotatable bonds is 5. The number of carbonyl (C=O) groups excluding carboxylic acids is 1. The summed E-state index contributed by atoms with van der Waals surface area (Å²) in [6.45, 7) is 4.16. The summed E-state index contributed by atoms with van der Waals surface area (Å²) >= 11 is 0. The number of pyridine rings is 1. The van der Waals surface area contributed by atoms with Gasteiger partial charge in [0.25, 0.3) is 5.91 Å². The molecule has 4 rings (SSSR count). The first-order valence-electron chi connectivity index (χ1n) is 9.36. The topological polar surface area (TPSA) is 64.2 Å². The van der Waals surface area contributed by atoms with Gasteiger partial charge in [-0.25, -0.2) is 14.1 Å². The first kappa shape index (κ1) is 18.9. The molecule has 7 heteroatoms. The highest BCUT2D eigenvalue weighted by Crippen LogP contribution is 2.27. The minimum Gasteiger partial charge on any atom is -0.463 e. The molecule has 0 spiro atoms. The Kier molecular flexibility index (Phi) is 4.88. The summed E-state index contributed by atoms with van der Waals surface area (Å²) in [5, 5.41) is 5.06. The van der Waals surface area contributed by atoms with Crippen molar-refractivity contribution in [3.8, 4) is 11.5 Å². The molecule has 0 aliphatic carbocycles. The molecule has 0 aliphatic heterocycles. The number of nitrogens with zero attached hydrogens (tertiary/aromatic N) is 4. The smallest absolute Gasteiger partial charge is 0.254 e. The Balaban J connectivity index is 1.79. The van der Waals surface area contributed by atoms with Gasteiger partial charge in [-0.1, -0.05) is 18.2 Å². The molecule has 29 heavy (non-hydrogen) atoms. The number of hydrogen-bond acceptors (Lipinski definition) is 4. The van der Waals surface area contributed by atoms with Crippen LogP contribution in [0, 0.1) is 5.82 Å². The minimum absolute atomic E-state index is 0.0750. The number of aromatic nitrogens is 3. The molecule has 0 saturated carbocycles. The Hall–Kier alpha value is -3.48. The third-order valence-electron chi connectivity index (χ3n) is 4.77. The fourth-order valence-corrected chi connectivity index (χ4v) is 3.28. The molecule has 148 valence electrons. The molecule has 0 atom stereocenters. The summed E-state index contributed by atoms with van der Waals surface area (Å²) in [6.07, 6.45) is 3.21. The van der Waals surface area contributed by atoms with E-state index in [0.717, 1.165) is 0 Å². The number of carbonyl (C=O) groups is 1. The molecule has 0 radical (unpaired) electrons. The van der Waals surface area contributed by atoms with E-state index in [1.807, 2.05) is 13.8 Å². The second-order valence-corrected chi connectivity index (χ2v) is 7.21. The molecule has 0 N–H and O–H groups in total. The van der Waals surface area contributed by atoms with Crippen LogP contribution in [0.25, 0.3) is 22.5 Å². The van der Waals surface area contributed by atoms with Gasteiger partial charge in [0.2, 0.25) is 0 Å². The standard InChI is InChI=1S/C22H21FN4O2/c1-14(2)27-21-17(12-24-27)16(11-19(25-21)20-9-6-10-29-20)22(28)26(3)13-15-7-4-5-8-18(15)23/h4-12,14H,13H2,1-3H3. The van der Waals surface area contributed by atoms with Gasteiger partial charge in [-0.15, -0.1) is 0 Å². The van der Waals surface area contributed by atoms with Crippen molar-refractivity contribution in [3.05, 3.63) is 71.9 Å². The van der Waals surface area contributed by atoms with Crippen LogP contribution >= 0.6 is 0 Å². The van der Waals surface area contributed by atoms with Crippen molar-refractivity contribution in [3.63, 3.8) is 0 Å². The second kappa shape index (κ2) is 7.50. The van der Waals surface area contributed by atoms with E-state index in [4.69, 9.17) is 4.42 Å². The van der Waals surface area contributed by atoms with Crippen LogP contribution in [0.4, 0.5) is 4.39 Å². The van der Waals surface area contributed by atoms with Gasteiger partial charge in [-0.3, -0.25) is 4.79 Å². The van der Waals surface area contributed by atoms with E-state index in [0.29, 0.717) is 33.6 Å². The van der Waals surface area contributed by atoms with Gasteiger partial charge in [-0.05, 0) is 38.1 Å². The van der Waals surface area contributed by atoms with Crippen LogP contribution in [0.2, 0.25) is 0 Å². The average molecular weight is 392 g/mol. The number of hydrogen-bond donors (Lipinski definition) is 0. The van der Waals surface area contributed by atoms with E-state index in [1.54, 1.807) is 60.6 Å². The van der Waals surface area contributed by atoms with Crippen LogP contribution in [0.5, 0.6) is 0 Å². The molecule has 1 amide bonds. The maximum Gasteiger partial charge on any atom is 0.254 e. The normalized spacial score (nSPS) is 11.3. The zero-order valence-electron chi connectivity index (χ0n) is 16.5. The Morgan fingerprint density at radius 1 is 1.24 bits per heavy atom. The monoisotopic (exact) mass is 392 g/mol. The lowest BCUT2D eigenvalue weighted by molar-refractivity contribution is 0.0785. The van der Waals surface area contributed by atoms with E-state index in [9.17, 15) is 9.18 Å². The van der Waals surface area contributed by atoms with Crippen molar-refractivity contribution in [1.82, 2.24) is 19.7 Å². The van der Waals surface area contributed by atoms with E-state index in [2.05, 4.69) is 10.1 Å². The van der Waals surface area contributed by atoms with E-state index < -0.39 is 0 Å². The molecule has 0 saturated heterocycles. The van der Waals surface area contributed by atoms with Crippen molar-refractivity contribution < 1.29 is 13.6 Å². The number of benzene rings is 1. The SMILES string of the molecule is CC(C)n1ncc2c(C(=O)N(C)Cc3ccccc3F)cc(-c3ccco3)nc21. The quantitative estimate of drug-likeness (QED) is 0.495. The Labute approximate surface area is 167 Å². The lowest BCUT2D eigenvalue weighted by atomic mass is 10.1. The lowest BCUT2D eigenvalue weighted by Crippen LogP contribution is -2.27. The summed E-state index contributed by atoms with van der Waals surface area (Å²) in [5.74, 6) is -0.0121. The maximum atomic E-state index is 14.0.